The van der Waals surface area contributed by atoms with Crippen molar-refractivity contribution in [1.82, 2.24) is 10.2 Å². The molecule has 4 heteroatoms. The molecule has 2 aliphatic rings. The largest absolute Gasteiger partial charge is 0.391 e. The highest BCUT2D eigenvalue weighted by atomic mass is 16.3. The van der Waals surface area contributed by atoms with Gasteiger partial charge < -0.3 is 15.5 Å². The van der Waals surface area contributed by atoms with Gasteiger partial charge in [0.05, 0.1) is 18.2 Å². The monoisotopic (exact) mass is 290 g/mol. The van der Waals surface area contributed by atoms with E-state index in [1.54, 1.807) is 0 Å². The molecule has 4 atom stereocenters. The van der Waals surface area contributed by atoms with Crippen LogP contribution < -0.4 is 5.32 Å². The number of aliphatic hydroxyl groups excluding tert-OH is 2. The first-order valence-electron chi connectivity index (χ1n) is 8.10. The summed E-state index contributed by atoms with van der Waals surface area (Å²) in [4.78, 5) is 2.27. The van der Waals surface area contributed by atoms with Crippen LogP contribution in [-0.2, 0) is 6.54 Å². The van der Waals surface area contributed by atoms with E-state index in [2.05, 4.69) is 22.3 Å². The summed E-state index contributed by atoms with van der Waals surface area (Å²) in [6, 6.07) is 10.2. The number of benzene rings is 1. The summed E-state index contributed by atoms with van der Waals surface area (Å²) in [6.45, 7) is 3.61. The molecule has 1 aliphatic heterocycles. The Balaban J connectivity index is 1.50. The molecule has 2 fully saturated rings. The first kappa shape index (κ1) is 15.0. The van der Waals surface area contributed by atoms with E-state index in [9.17, 15) is 10.2 Å². The second kappa shape index (κ2) is 6.88. The first-order valence-corrected chi connectivity index (χ1v) is 8.10. The van der Waals surface area contributed by atoms with Crippen LogP contribution in [-0.4, -0.2) is 53.0 Å². The Bertz CT molecular complexity index is 434. The molecular weight excluding hydrogens is 264 g/mol. The molecule has 4 nitrogen and oxygen atoms in total. The maximum Gasteiger partial charge on any atom is 0.0761 e. The molecule has 116 valence electrons. The van der Waals surface area contributed by atoms with Crippen molar-refractivity contribution in [3.05, 3.63) is 35.9 Å². The minimum atomic E-state index is -0.415. The normalized spacial score (nSPS) is 33.6. The van der Waals surface area contributed by atoms with Crippen LogP contribution in [0.4, 0.5) is 0 Å². The molecule has 1 aromatic carbocycles. The van der Waals surface area contributed by atoms with Gasteiger partial charge in [-0.1, -0.05) is 30.3 Å². The number of likely N-dealkylation sites (tertiary alicyclic amines) is 1. The van der Waals surface area contributed by atoms with Gasteiger partial charge in [-0.15, -0.1) is 0 Å². The van der Waals surface area contributed by atoms with Gasteiger partial charge in [0.1, 0.15) is 0 Å². The zero-order chi connectivity index (χ0) is 14.7. The molecule has 1 heterocycles. The van der Waals surface area contributed by atoms with Crippen LogP contribution in [0.3, 0.4) is 0 Å². The number of nitrogens with one attached hydrogen (secondary N) is 1. The van der Waals surface area contributed by atoms with Crippen molar-refractivity contribution in [3.63, 3.8) is 0 Å². The molecule has 0 unspecified atom stereocenters. The number of aliphatic hydroxyl groups is 2. The summed E-state index contributed by atoms with van der Waals surface area (Å²) in [5.74, 6) is 0.148. The van der Waals surface area contributed by atoms with Crippen LogP contribution in [0.2, 0.25) is 0 Å². The molecule has 1 saturated heterocycles. The van der Waals surface area contributed by atoms with Crippen molar-refractivity contribution in [2.45, 2.75) is 44.1 Å². The fraction of sp³-hybridized carbons (Fsp3) is 0.647. The number of hydrogen-bond acceptors (Lipinski definition) is 4. The van der Waals surface area contributed by atoms with Crippen molar-refractivity contribution in [2.75, 3.05) is 19.6 Å². The van der Waals surface area contributed by atoms with Crippen LogP contribution in [0.1, 0.15) is 24.8 Å². The first-order chi connectivity index (χ1) is 10.3. The number of nitrogens with zero attached hydrogens (tertiary/aromatic N) is 1. The lowest BCUT2D eigenvalue weighted by molar-refractivity contribution is 0.0152. The van der Waals surface area contributed by atoms with E-state index >= 15 is 0 Å². The molecule has 0 radical (unpaired) electrons. The number of hydrogen-bond donors (Lipinski definition) is 3. The molecule has 0 bridgehead atoms. The fourth-order valence-corrected chi connectivity index (χ4v) is 3.80. The molecule has 0 aromatic heterocycles. The molecular formula is C17H26N2O2. The summed E-state index contributed by atoms with van der Waals surface area (Å²) >= 11 is 0. The second-order valence-corrected chi connectivity index (χ2v) is 6.40. The molecule has 0 spiro atoms. The van der Waals surface area contributed by atoms with Crippen LogP contribution in [0.25, 0.3) is 0 Å². The fourth-order valence-electron chi connectivity index (χ4n) is 3.80. The predicted molar refractivity (Wildman–Crippen MR) is 82.9 cm³/mol. The van der Waals surface area contributed by atoms with Gasteiger partial charge in [0.15, 0.2) is 0 Å². The lowest BCUT2D eigenvalue weighted by Crippen LogP contribution is -2.46. The van der Waals surface area contributed by atoms with E-state index in [-0.39, 0.29) is 18.1 Å². The third-order valence-electron chi connectivity index (χ3n) is 4.91. The third-order valence-corrected chi connectivity index (χ3v) is 4.91. The van der Waals surface area contributed by atoms with Gasteiger partial charge >= 0.3 is 0 Å². The van der Waals surface area contributed by atoms with Crippen molar-refractivity contribution in [2.24, 2.45) is 5.92 Å². The van der Waals surface area contributed by atoms with Crippen molar-refractivity contribution < 1.29 is 10.2 Å². The smallest absolute Gasteiger partial charge is 0.0761 e. The minimum Gasteiger partial charge on any atom is -0.391 e. The van der Waals surface area contributed by atoms with Gasteiger partial charge in [-0.2, -0.15) is 0 Å². The quantitative estimate of drug-likeness (QED) is 0.757. The average molecular weight is 290 g/mol. The average Bonchev–Trinajstić information content (AvgIpc) is 3.09. The summed E-state index contributed by atoms with van der Waals surface area (Å²) in [5.41, 5.74) is 1.25. The highest BCUT2D eigenvalue weighted by molar-refractivity contribution is 5.14. The van der Waals surface area contributed by atoms with E-state index in [1.807, 2.05) is 18.2 Å². The van der Waals surface area contributed by atoms with Gasteiger partial charge in [0.2, 0.25) is 0 Å². The molecule has 0 amide bonds. The van der Waals surface area contributed by atoms with Gasteiger partial charge in [0.25, 0.3) is 0 Å². The molecule has 21 heavy (non-hydrogen) atoms. The third kappa shape index (κ3) is 3.46. The van der Waals surface area contributed by atoms with Crippen LogP contribution in [0, 0.1) is 5.92 Å². The zero-order valence-electron chi connectivity index (χ0n) is 12.5. The molecule has 3 N–H and O–H groups in total. The Morgan fingerprint density at radius 2 is 1.81 bits per heavy atom. The Labute approximate surface area is 126 Å². The Kier molecular flexibility index (Phi) is 4.91. The van der Waals surface area contributed by atoms with E-state index in [0.717, 1.165) is 26.2 Å². The van der Waals surface area contributed by atoms with E-state index in [4.69, 9.17) is 0 Å². The number of rotatable bonds is 5. The standard InChI is InChI=1S/C17H26N2O2/c20-15-10-14(12-18-11-13-6-2-1-3-7-13)17(21)16(15)19-8-4-5-9-19/h1-3,6-7,14-18,20-21H,4-5,8-12H2/t14-,15-,16+,17+/m0/s1. The predicted octanol–water partition coefficient (Wildman–Crippen LogP) is 0.982. The van der Waals surface area contributed by atoms with Gasteiger partial charge in [-0.3, -0.25) is 4.90 Å². The lowest BCUT2D eigenvalue weighted by atomic mass is 10.0. The van der Waals surface area contributed by atoms with Gasteiger partial charge in [-0.25, -0.2) is 0 Å². The second-order valence-electron chi connectivity index (χ2n) is 6.40. The summed E-state index contributed by atoms with van der Waals surface area (Å²) in [6.07, 6.45) is 2.27. The molecule has 1 aliphatic carbocycles. The summed E-state index contributed by atoms with van der Waals surface area (Å²) in [5, 5.41) is 24.2. The van der Waals surface area contributed by atoms with Gasteiger partial charge in [-0.05, 0) is 37.9 Å². The van der Waals surface area contributed by atoms with Crippen molar-refractivity contribution in [1.29, 1.82) is 0 Å². The van der Waals surface area contributed by atoms with Crippen LogP contribution in [0.5, 0.6) is 0 Å². The Morgan fingerprint density at radius 3 is 2.52 bits per heavy atom. The van der Waals surface area contributed by atoms with Crippen LogP contribution >= 0.6 is 0 Å². The zero-order valence-corrected chi connectivity index (χ0v) is 12.5. The molecule has 1 saturated carbocycles. The highest BCUT2D eigenvalue weighted by Gasteiger charge is 2.44. The van der Waals surface area contributed by atoms with Crippen LogP contribution in [0.15, 0.2) is 30.3 Å². The molecule has 1 aromatic rings. The maximum atomic E-state index is 10.5. The van der Waals surface area contributed by atoms with E-state index < -0.39 is 6.10 Å². The highest BCUT2D eigenvalue weighted by Crippen LogP contribution is 2.32. The Morgan fingerprint density at radius 1 is 1.10 bits per heavy atom. The summed E-state index contributed by atoms with van der Waals surface area (Å²) in [7, 11) is 0. The Hall–Kier alpha value is -0.940. The minimum absolute atomic E-state index is 0.0592. The topological polar surface area (TPSA) is 55.7 Å². The SMILES string of the molecule is O[C@@H]1[C@H](CNCc2ccccc2)C[C@H](O)[C@H]1N1CCCC1. The van der Waals surface area contributed by atoms with Crippen molar-refractivity contribution in [3.8, 4) is 0 Å². The van der Waals surface area contributed by atoms with Crippen molar-refractivity contribution >= 4 is 0 Å². The van der Waals surface area contributed by atoms with Gasteiger partial charge in [0, 0.05) is 19.0 Å². The summed E-state index contributed by atoms with van der Waals surface area (Å²) < 4.78 is 0. The maximum absolute atomic E-state index is 10.5. The lowest BCUT2D eigenvalue weighted by Gasteiger charge is -2.29. The van der Waals surface area contributed by atoms with E-state index in [0.29, 0.717) is 6.42 Å². The molecule has 3 rings (SSSR count). The van der Waals surface area contributed by atoms with E-state index in [1.165, 1.54) is 18.4 Å².